The Morgan fingerprint density at radius 1 is 1.41 bits per heavy atom. The molecule has 2 rings (SSSR count). The van der Waals surface area contributed by atoms with Crippen LogP contribution in [0.1, 0.15) is 31.4 Å². The van der Waals surface area contributed by atoms with Gasteiger partial charge in [0.05, 0.1) is 0 Å². The zero-order chi connectivity index (χ0) is 12.3. The Hall–Kier alpha value is -0.930. The predicted molar refractivity (Wildman–Crippen MR) is 68.2 cm³/mol. The second-order valence-electron chi connectivity index (χ2n) is 4.86. The third-order valence-corrected chi connectivity index (χ3v) is 3.73. The first-order valence-corrected chi connectivity index (χ1v) is 6.44. The highest BCUT2D eigenvalue weighted by molar-refractivity contribution is 5.20. The van der Waals surface area contributed by atoms with Crippen LogP contribution >= 0.6 is 0 Å². The van der Waals surface area contributed by atoms with Crippen molar-refractivity contribution in [2.24, 2.45) is 11.7 Å². The fourth-order valence-corrected chi connectivity index (χ4v) is 2.73. The summed E-state index contributed by atoms with van der Waals surface area (Å²) in [4.78, 5) is 2.48. The van der Waals surface area contributed by atoms with Crippen molar-refractivity contribution >= 4 is 0 Å². The quantitative estimate of drug-likeness (QED) is 0.870. The van der Waals surface area contributed by atoms with Gasteiger partial charge in [0.2, 0.25) is 0 Å². The topological polar surface area (TPSA) is 29.3 Å². The average molecular weight is 236 g/mol. The fourth-order valence-electron chi connectivity index (χ4n) is 2.73. The van der Waals surface area contributed by atoms with Crippen molar-refractivity contribution in [2.75, 3.05) is 19.6 Å². The molecule has 2 nitrogen and oxygen atoms in total. The molecule has 1 saturated heterocycles. The molecule has 1 aliphatic heterocycles. The summed E-state index contributed by atoms with van der Waals surface area (Å²) >= 11 is 0. The van der Waals surface area contributed by atoms with Gasteiger partial charge in [-0.05, 0) is 49.5 Å². The van der Waals surface area contributed by atoms with E-state index >= 15 is 0 Å². The van der Waals surface area contributed by atoms with Crippen LogP contribution in [0.5, 0.6) is 0 Å². The van der Waals surface area contributed by atoms with E-state index in [2.05, 4.69) is 11.8 Å². The van der Waals surface area contributed by atoms with E-state index in [1.165, 1.54) is 12.0 Å². The second-order valence-corrected chi connectivity index (χ2v) is 4.86. The third-order valence-electron chi connectivity index (χ3n) is 3.73. The molecule has 2 N–H and O–H groups in total. The summed E-state index contributed by atoms with van der Waals surface area (Å²) in [6.45, 7) is 5.14. The number of nitrogens with two attached hydrogens (primary N) is 1. The summed E-state index contributed by atoms with van der Waals surface area (Å²) < 4.78 is 12.9. The number of halogens is 1. The smallest absolute Gasteiger partial charge is 0.123 e. The van der Waals surface area contributed by atoms with Gasteiger partial charge in [-0.1, -0.05) is 19.1 Å². The Labute approximate surface area is 103 Å². The molecule has 1 aromatic carbocycles. The standard InChI is InChI=1S/C14H21FN2/c1-2-14(12-3-5-13(15)6-4-12)17-8-7-11(9-16)10-17/h3-6,11,14H,2,7-10,16H2,1H3. The minimum atomic E-state index is -0.162. The first-order valence-electron chi connectivity index (χ1n) is 6.44. The lowest BCUT2D eigenvalue weighted by Crippen LogP contribution is -2.27. The van der Waals surface area contributed by atoms with Gasteiger partial charge in [-0.15, -0.1) is 0 Å². The molecule has 0 saturated carbocycles. The second kappa shape index (κ2) is 5.61. The van der Waals surface area contributed by atoms with Gasteiger partial charge < -0.3 is 5.73 Å². The van der Waals surface area contributed by atoms with Crippen LogP contribution in [0.25, 0.3) is 0 Å². The van der Waals surface area contributed by atoms with E-state index in [1.54, 1.807) is 12.1 Å². The van der Waals surface area contributed by atoms with Crippen LogP contribution in [0.4, 0.5) is 4.39 Å². The minimum absolute atomic E-state index is 0.162. The van der Waals surface area contributed by atoms with Crippen LogP contribution in [0.15, 0.2) is 24.3 Å². The van der Waals surface area contributed by atoms with Gasteiger partial charge in [0.25, 0.3) is 0 Å². The van der Waals surface area contributed by atoms with Gasteiger partial charge in [0, 0.05) is 12.6 Å². The molecule has 0 aromatic heterocycles. The Morgan fingerprint density at radius 2 is 2.12 bits per heavy atom. The molecule has 1 aromatic rings. The number of likely N-dealkylation sites (tertiary alicyclic amines) is 1. The van der Waals surface area contributed by atoms with E-state index < -0.39 is 0 Å². The number of benzene rings is 1. The lowest BCUT2D eigenvalue weighted by molar-refractivity contribution is 0.231. The van der Waals surface area contributed by atoms with Crippen molar-refractivity contribution in [3.05, 3.63) is 35.6 Å². The van der Waals surface area contributed by atoms with Crippen LogP contribution in [0.3, 0.4) is 0 Å². The van der Waals surface area contributed by atoms with Gasteiger partial charge in [-0.3, -0.25) is 4.90 Å². The van der Waals surface area contributed by atoms with Crippen molar-refractivity contribution < 1.29 is 4.39 Å². The lowest BCUT2D eigenvalue weighted by atomic mass is 10.0. The van der Waals surface area contributed by atoms with Crippen molar-refractivity contribution in [2.45, 2.75) is 25.8 Å². The van der Waals surface area contributed by atoms with Crippen LogP contribution in [0, 0.1) is 11.7 Å². The molecular formula is C14H21FN2. The first-order chi connectivity index (χ1) is 8.24. The normalized spacial score (nSPS) is 22.9. The summed E-state index contributed by atoms with van der Waals surface area (Å²) in [5, 5.41) is 0. The molecular weight excluding hydrogens is 215 g/mol. The lowest BCUT2D eigenvalue weighted by Gasteiger charge is -2.27. The van der Waals surface area contributed by atoms with Gasteiger partial charge in [-0.25, -0.2) is 4.39 Å². The van der Waals surface area contributed by atoms with Crippen molar-refractivity contribution in [1.29, 1.82) is 0 Å². The number of rotatable bonds is 4. The van der Waals surface area contributed by atoms with Crippen LogP contribution in [-0.2, 0) is 0 Å². The molecule has 0 spiro atoms. The van der Waals surface area contributed by atoms with E-state index in [9.17, 15) is 4.39 Å². The highest BCUT2D eigenvalue weighted by Crippen LogP contribution is 2.29. The van der Waals surface area contributed by atoms with Crippen molar-refractivity contribution in [3.8, 4) is 0 Å². The molecule has 0 bridgehead atoms. The molecule has 1 heterocycles. The number of nitrogens with zero attached hydrogens (tertiary/aromatic N) is 1. The molecule has 1 fully saturated rings. The van der Waals surface area contributed by atoms with E-state index in [4.69, 9.17) is 5.73 Å². The molecule has 94 valence electrons. The monoisotopic (exact) mass is 236 g/mol. The van der Waals surface area contributed by atoms with Crippen molar-refractivity contribution in [1.82, 2.24) is 4.90 Å². The zero-order valence-corrected chi connectivity index (χ0v) is 10.4. The summed E-state index contributed by atoms with van der Waals surface area (Å²) in [6.07, 6.45) is 2.25. The Bertz CT molecular complexity index is 350. The average Bonchev–Trinajstić information content (AvgIpc) is 2.81. The van der Waals surface area contributed by atoms with Gasteiger partial charge in [0.15, 0.2) is 0 Å². The molecule has 0 aliphatic carbocycles. The van der Waals surface area contributed by atoms with Gasteiger partial charge in [-0.2, -0.15) is 0 Å². The largest absolute Gasteiger partial charge is 0.330 e. The Balaban J connectivity index is 2.08. The SMILES string of the molecule is CCC(c1ccc(F)cc1)N1CCC(CN)C1. The van der Waals surface area contributed by atoms with E-state index in [1.807, 2.05) is 12.1 Å². The van der Waals surface area contributed by atoms with Crippen LogP contribution < -0.4 is 5.73 Å². The van der Waals surface area contributed by atoms with E-state index in [0.29, 0.717) is 12.0 Å². The Morgan fingerprint density at radius 3 is 2.65 bits per heavy atom. The van der Waals surface area contributed by atoms with Crippen LogP contribution in [0.2, 0.25) is 0 Å². The minimum Gasteiger partial charge on any atom is -0.330 e. The fraction of sp³-hybridized carbons (Fsp3) is 0.571. The summed E-state index contributed by atoms with van der Waals surface area (Å²) in [6, 6.07) is 7.31. The molecule has 1 aliphatic rings. The Kier molecular flexibility index (Phi) is 4.13. The highest BCUT2D eigenvalue weighted by Gasteiger charge is 2.27. The van der Waals surface area contributed by atoms with Crippen LogP contribution in [-0.4, -0.2) is 24.5 Å². The maximum Gasteiger partial charge on any atom is 0.123 e. The zero-order valence-electron chi connectivity index (χ0n) is 10.4. The first kappa shape index (κ1) is 12.5. The predicted octanol–water partition coefficient (Wildman–Crippen LogP) is 2.56. The molecule has 0 amide bonds. The molecule has 0 radical (unpaired) electrons. The number of hydrogen-bond donors (Lipinski definition) is 1. The number of hydrogen-bond acceptors (Lipinski definition) is 2. The molecule has 17 heavy (non-hydrogen) atoms. The molecule has 2 atom stereocenters. The molecule has 2 unspecified atom stereocenters. The maximum absolute atomic E-state index is 12.9. The summed E-state index contributed by atoms with van der Waals surface area (Å²) in [5.41, 5.74) is 6.93. The summed E-state index contributed by atoms with van der Waals surface area (Å²) in [7, 11) is 0. The van der Waals surface area contributed by atoms with E-state index in [0.717, 1.165) is 26.1 Å². The summed E-state index contributed by atoms with van der Waals surface area (Å²) in [5.74, 6) is 0.467. The maximum atomic E-state index is 12.9. The van der Waals surface area contributed by atoms with Gasteiger partial charge >= 0.3 is 0 Å². The third kappa shape index (κ3) is 2.85. The molecule has 3 heteroatoms. The highest BCUT2D eigenvalue weighted by atomic mass is 19.1. The van der Waals surface area contributed by atoms with Gasteiger partial charge in [0.1, 0.15) is 5.82 Å². The van der Waals surface area contributed by atoms with E-state index in [-0.39, 0.29) is 5.82 Å². The van der Waals surface area contributed by atoms with Crippen molar-refractivity contribution in [3.63, 3.8) is 0 Å².